The van der Waals surface area contributed by atoms with E-state index in [0.29, 0.717) is 38.5 Å². The van der Waals surface area contributed by atoms with Crippen LogP contribution in [0.25, 0.3) is 0 Å². The molecule has 1 aliphatic carbocycles. The number of nitrogens with zero attached hydrogens (tertiary/aromatic N) is 1. The van der Waals surface area contributed by atoms with Crippen LogP contribution in [0.3, 0.4) is 0 Å². The molecule has 2 saturated heterocycles. The number of piperidine rings is 1. The van der Waals surface area contributed by atoms with Crippen molar-refractivity contribution < 1.29 is 57.8 Å². The van der Waals surface area contributed by atoms with Gasteiger partial charge in [0, 0.05) is 52.0 Å². The zero-order valence-corrected chi connectivity index (χ0v) is 42.5. The van der Waals surface area contributed by atoms with Crippen LogP contribution in [0, 0.1) is 29.6 Å². The summed E-state index contributed by atoms with van der Waals surface area (Å²) in [6.07, 6.45) is 6.36. The van der Waals surface area contributed by atoms with Crippen LogP contribution in [0.5, 0.6) is 0 Å². The normalized spacial score (nSPS) is 39.5. The number of rotatable bonds is 9. The molecular formula is C50H85NO12Si. The molecule has 0 radical (unpaired) electrons. The minimum absolute atomic E-state index is 0.0183. The Bertz CT molecular complexity index is 1640. The molecule has 3 N–H and O–H groups in total. The summed E-state index contributed by atoms with van der Waals surface area (Å²) in [5, 5.41) is 35.9. The van der Waals surface area contributed by atoms with Crippen molar-refractivity contribution in [3.05, 3.63) is 36.0 Å². The molecule has 4 aliphatic rings. The molecule has 1 unspecified atom stereocenters. The van der Waals surface area contributed by atoms with E-state index in [2.05, 4.69) is 53.4 Å². The molecule has 0 aromatic rings. The topological polar surface area (TPSA) is 171 Å². The molecule has 0 spiro atoms. The fraction of sp³-hybridized carbons (Fsp3) is 0.820. The largest absolute Gasteiger partial charge is 0.456 e. The minimum atomic E-state index is -2.50. The number of methoxy groups -OCH3 is 3. The summed E-state index contributed by atoms with van der Waals surface area (Å²) < 4.78 is 37.4. The summed E-state index contributed by atoms with van der Waals surface area (Å²) in [4.78, 5) is 44.5. The van der Waals surface area contributed by atoms with E-state index in [-0.39, 0.29) is 60.8 Å². The van der Waals surface area contributed by atoms with E-state index in [4.69, 9.17) is 28.1 Å². The van der Waals surface area contributed by atoms with Crippen molar-refractivity contribution in [2.24, 2.45) is 29.6 Å². The van der Waals surface area contributed by atoms with Gasteiger partial charge in [0.25, 0.3) is 11.7 Å². The first-order chi connectivity index (χ1) is 29.9. The third-order valence-corrected chi connectivity index (χ3v) is 19.8. The van der Waals surface area contributed by atoms with Crippen LogP contribution in [0.2, 0.25) is 18.1 Å². The summed E-state index contributed by atoms with van der Waals surface area (Å²) in [6.45, 7) is 24.7. The number of aliphatic hydroxyl groups excluding tert-OH is 2. The van der Waals surface area contributed by atoms with Gasteiger partial charge in [0.1, 0.15) is 18.2 Å². The van der Waals surface area contributed by atoms with Gasteiger partial charge in [0.2, 0.25) is 5.79 Å². The van der Waals surface area contributed by atoms with Crippen LogP contribution < -0.4 is 0 Å². The number of fused-ring (bicyclic) bond motifs is 3. The van der Waals surface area contributed by atoms with Gasteiger partial charge in [-0.1, -0.05) is 65.3 Å². The number of hydrogen-bond donors (Lipinski definition) is 3. The van der Waals surface area contributed by atoms with Gasteiger partial charge in [-0.05, 0) is 114 Å². The van der Waals surface area contributed by atoms with Crippen LogP contribution in [0.1, 0.15) is 126 Å². The Hall–Kier alpha value is -2.27. The highest BCUT2D eigenvalue weighted by atomic mass is 28.4. The van der Waals surface area contributed by atoms with Gasteiger partial charge < -0.3 is 48.3 Å². The molecule has 1 amide bonds. The molecule has 3 heterocycles. The number of hydrogen-bond acceptors (Lipinski definition) is 12. The number of carbonyl (C=O) groups is 3. The number of cyclic esters (lactones) is 1. The predicted octanol–water partition coefficient (Wildman–Crippen LogP) is 7.46. The summed E-state index contributed by atoms with van der Waals surface area (Å²) in [7, 11) is 2.75. The predicted molar refractivity (Wildman–Crippen MR) is 250 cm³/mol. The first kappa shape index (κ1) is 54.3. The van der Waals surface area contributed by atoms with Crippen molar-refractivity contribution >= 4 is 26.0 Å². The maximum Gasteiger partial charge on any atom is 0.329 e. The summed E-state index contributed by atoms with van der Waals surface area (Å²) in [5.74, 6) is -7.08. The summed E-state index contributed by atoms with van der Waals surface area (Å²) in [6, 6.07) is -1.12. The standard InChI is InChI=1S/C50H85NO12Si/c1-15-18-36-24-30(2)23-31(3)25-42(59-11)45-43(60-12)27-33(5)50(57,62-45)46(54)47(55)51-22-17-16-19-37(51)48(56)61-44(34(6)38(52)29-39(36)53)32(4)26-35-20-21-40(41(28-35)58-10)63-64(13,14)49(7,8)9/h15,24,26,31,33-45,52-53,57H,1,16-23,25,27-29H2,2-14H3/b30-24+,32-26+/t31-,33+,34+,35-,36+,37-,38-,39?,40+,41+,42-,43-,44+,45+,50+/m0/s1. The third-order valence-electron chi connectivity index (χ3n) is 15.3. The summed E-state index contributed by atoms with van der Waals surface area (Å²) in [5.41, 5.74) is 1.76. The lowest BCUT2D eigenvalue weighted by Crippen LogP contribution is -2.64. The zero-order chi connectivity index (χ0) is 47.9. The van der Waals surface area contributed by atoms with Crippen molar-refractivity contribution in [1.29, 1.82) is 0 Å². The lowest BCUT2D eigenvalue weighted by Gasteiger charge is -2.47. The molecule has 1 saturated carbocycles. The average Bonchev–Trinajstić information content (AvgIpc) is 3.23. The molecule has 3 aliphatic heterocycles. The van der Waals surface area contributed by atoms with E-state index in [1.165, 1.54) is 4.90 Å². The van der Waals surface area contributed by atoms with Gasteiger partial charge in [-0.25, -0.2) is 4.79 Å². The third kappa shape index (κ3) is 13.0. The van der Waals surface area contributed by atoms with Crippen molar-refractivity contribution in [3.63, 3.8) is 0 Å². The maximum atomic E-state index is 14.6. The van der Waals surface area contributed by atoms with E-state index < -0.39 is 86.3 Å². The van der Waals surface area contributed by atoms with Crippen LogP contribution in [0.15, 0.2) is 36.0 Å². The molecule has 366 valence electrons. The van der Waals surface area contributed by atoms with E-state index in [9.17, 15) is 29.7 Å². The fourth-order valence-electron chi connectivity index (χ4n) is 10.3. The van der Waals surface area contributed by atoms with Crippen LogP contribution >= 0.6 is 0 Å². The molecule has 64 heavy (non-hydrogen) atoms. The number of aliphatic hydroxyl groups is 3. The molecule has 15 atom stereocenters. The smallest absolute Gasteiger partial charge is 0.329 e. The van der Waals surface area contributed by atoms with Crippen molar-refractivity contribution in [2.75, 3.05) is 27.9 Å². The lowest BCUT2D eigenvalue weighted by molar-refractivity contribution is -0.302. The van der Waals surface area contributed by atoms with Gasteiger partial charge in [-0.3, -0.25) is 9.59 Å². The highest BCUT2D eigenvalue weighted by Gasteiger charge is 2.57. The molecule has 0 aromatic carbocycles. The molecule has 4 rings (SSSR count). The van der Waals surface area contributed by atoms with Crippen LogP contribution in [-0.2, 0) is 42.5 Å². The Morgan fingerprint density at radius 3 is 2.17 bits per heavy atom. The Morgan fingerprint density at radius 1 is 0.922 bits per heavy atom. The van der Waals surface area contributed by atoms with Gasteiger partial charge in [0.15, 0.2) is 8.32 Å². The van der Waals surface area contributed by atoms with Crippen LogP contribution in [0.4, 0.5) is 0 Å². The number of amides is 1. The fourth-order valence-corrected chi connectivity index (χ4v) is 11.6. The van der Waals surface area contributed by atoms with Gasteiger partial charge in [-0.15, -0.1) is 6.58 Å². The maximum absolute atomic E-state index is 14.6. The van der Waals surface area contributed by atoms with E-state index >= 15 is 0 Å². The van der Waals surface area contributed by atoms with E-state index in [0.717, 1.165) is 24.0 Å². The molecule has 3 fully saturated rings. The van der Waals surface area contributed by atoms with Gasteiger partial charge in [0.05, 0.1) is 36.6 Å². The quantitative estimate of drug-likeness (QED) is 0.0905. The highest BCUT2D eigenvalue weighted by Crippen LogP contribution is 2.42. The number of ether oxygens (including phenoxy) is 5. The molecular weight excluding hydrogens is 835 g/mol. The summed E-state index contributed by atoms with van der Waals surface area (Å²) >= 11 is 0. The Labute approximate surface area is 385 Å². The number of carbonyl (C=O) groups excluding carboxylic acids is 3. The lowest BCUT2D eigenvalue weighted by atomic mass is 9.81. The number of allylic oxidation sites excluding steroid dienone is 3. The average molecular weight is 920 g/mol. The van der Waals surface area contributed by atoms with Crippen molar-refractivity contribution in [1.82, 2.24) is 4.90 Å². The zero-order valence-electron chi connectivity index (χ0n) is 41.5. The second kappa shape index (κ2) is 23.2. The van der Waals surface area contributed by atoms with Gasteiger partial charge >= 0.3 is 5.97 Å². The van der Waals surface area contributed by atoms with Crippen LogP contribution in [-0.4, -0.2) is 135 Å². The number of esters is 1. The molecule has 13 nitrogen and oxygen atoms in total. The minimum Gasteiger partial charge on any atom is -0.456 e. The van der Waals surface area contributed by atoms with E-state index in [1.807, 2.05) is 26.8 Å². The highest BCUT2D eigenvalue weighted by molar-refractivity contribution is 6.74. The molecule has 14 heteroatoms. The SMILES string of the molecule is C=CC[C@@H]1/C=C(\C)C[C@H](C)C[C@H](OC)[C@H]2O[C@@](O)(C(=O)C(=O)N3CCCC[C@H]3C(=O)O[C@H](/C(C)=C/[C@@H]3CC[C@@H](O[Si](C)(C)C(C)(C)C)[C@H](OC)C3)[C@H](C)[C@@H](O)CC1O)[C@H](C)C[C@@H]2OC. The van der Waals surface area contributed by atoms with Gasteiger partial charge in [-0.2, -0.15) is 0 Å². The Morgan fingerprint density at radius 2 is 1.56 bits per heavy atom. The van der Waals surface area contributed by atoms with E-state index in [1.54, 1.807) is 34.3 Å². The second-order valence-electron chi connectivity index (χ2n) is 21.3. The number of ketones is 1. The Balaban J connectivity index is 1.75. The monoisotopic (exact) mass is 920 g/mol. The first-order valence-electron chi connectivity index (χ1n) is 24.0. The first-order valence-corrected chi connectivity index (χ1v) is 26.9. The second-order valence-corrected chi connectivity index (χ2v) is 26.1. The molecule has 2 bridgehead atoms. The number of Topliss-reactive ketones (excluding diaryl/α,β-unsaturated/α-hetero) is 1. The van der Waals surface area contributed by atoms with Crippen molar-refractivity contribution in [3.8, 4) is 0 Å². The Kier molecular flexibility index (Phi) is 19.7. The molecule has 0 aromatic heterocycles. The van der Waals surface area contributed by atoms with Crippen molar-refractivity contribution in [2.45, 2.75) is 205 Å².